The summed E-state index contributed by atoms with van der Waals surface area (Å²) in [7, 11) is 0. The molecule has 2 heterocycles. The predicted octanol–water partition coefficient (Wildman–Crippen LogP) is 3.99. The Kier molecular flexibility index (Phi) is 2.59. The van der Waals surface area contributed by atoms with Gasteiger partial charge in [0.05, 0.1) is 0 Å². The van der Waals surface area contributed by atoms with Crippen LogP contribution in [0.3, 0.4) is 0 Å². The number of hydrogen-bond acceptors (Lipinski definition) is 3. The second kappa shape index (κ2) is 4.14. The molecule has 0 amide bonds. The molecule has 4 nitrogen and oxygen atoms in total. The van der Waals surface area contributed by atoms with Gasteiger partial charge in [-0.15, -0.1) is 0 Å². The van der Waals surface area contributed by atoms with Crippen LogP contribution >= 0.6 is 11.6 Å². The van der Waals surface area contributed by atoms with Gasteiger partial charge in [0.25, 0.3) is 5.89 Å². The minimum Gasteiger partial charge on any atom is -0.351 e. The van der Waals surface area contributed by atoms with Crippen LogP contribution in [-0.4, -0.2) is 15.1 Å². The molecule has 0 spiro atoms. The molecule has 2 aromatic heterocycles. The molecule has 0 fully saturated rings. The van der Waals surface area contributed by atoms with Gasteiger partial charge in [-0.2, -0.15) is 4.98 Å². The third-order valence-electron chi connectivity index (χ3n) is 2.77. The second-order valence-electron chi connectivity index (χ2n) is 4.53. The second-order valence-corrected chi connectivity index (χ2v) is 4.96. The molecule has 5 heteroatoms. The molecule has 0 bridgehead atoms. The molecule has 0 radical (unpaired) electrons. The average molecular weight is 262 g/mol. The third-order valence-corrected chi connectivity index (χ3v) is 3.01. The highest BCUT2D eigenvalue weighted by Crippen LogP contribution is 2.26. The van der Waals surface area contributed by atoms with E-state index in [1.54, 1.807) is 0 Å². The fourth-order valence-electron chi connectivity index (χ4n) is 1.80. The number of rotatable bonds is 2. The zero-order chi connectivity index (χ0) is 12.7. The van der Waals surface area contributed by atoms with E-state index < -0.39 is 0 Å². The van der Waals surface area contributed by atoms with Gasteiger partial charge in [-0.1, -0.05) is 30.6 Å². The van der Waals surface area contributed by atoms with Crippen LogP contribution in [0.25, 0.3) is 22.5 Å². The maximum atomic E-state index is 5.95. The maximum Gasteiger partial charge on any atom is 0.274 e. The van der Waals surface area contributed by atoms with Crippen LogP contribution < -0.4 is 0 Å². The quantitative estimate of drug-likeness (QED) is 0.759. The zero-order valence-electron chi connectivity index (χ0n) is 10.1. The molecule has 0 atom stereocenters. The normalized spacial score (nSPS) is 11.6. The maximum absolute atomic E-state index is 5.95. The molecular weight excluding hydrogens is 250 g/mol. The largest absolute Gasteiger partial charge is 0.351 e. The third kappa shape index (κ3) is 1.88. The first-order chi connectivity index (χ1) is 8.63. The number of nitrogens with zero attached hydrogens (tertiary/aromatic N) is 2. The van der Waals surface area contributed by atoms with E-state index in [1.165, 1.54) is 0 Å². The number of aromatic amines is 1. The highest BCUT2D eigenvalue weighted by Gasteiger charge is 2.13. The number of fused-ring (bicyclic) bond motifs is 1. The lowest BCUT2D eigenvalue weighted by atomic mass is 10.2. The van der Waals surface area contributed by atoms with Gasteiger partial charge in [-0.3, -0.25) is 0 Å². The van der Waals surface area contributed by atoms with Crippen LogP contribution in [0.2, 0.25) is 5.02 Å². The van der Waals surface area contributed by atoms with Gasteiger partial charge >= 0.3 is 0 Å². The van der Waals surface area contributed by atoms with Crippen molar-refractivity contribution in [2.75, 3.05) is 0 Å². The van der Waals surface area contributed by atoms with Crippen LogP contribution in [0.1, 0.15) is 25.6 Å². The first-order valence-corrected chi connectivity index (χ1v) is 6.13. The zero-order valence-corrected chi connectivity index (χ0v) is 10.8. The van der Waals surface area contributed by atoms with Crippen molar-refractivity contribution in [1.29, 1.82) is 0 Å². The summed E-state index contributed by atoms with van der Waals surface area (Å²) in [6, 6.07) is 7.63. The molecule has 18 heavy (non-hydrogen) atoms. The molecule has 0 aliphatic heterocycles. The topological polar surface area (TPSA) is 54.7 Å². The van der Waals surface area contributed by atoms with Crippen LogP contribution in [0.15, 0.2) is 28.8 Å². The average Bonchev–Trinajstić information content (AvgIpc) is 2.93. The molecule has 0 unspecified atom stereocenters. The summed E-state index contributed by atoms with van der Waals surface area (Å²) in [5.41, 5.74) is 1.81. The predicted molar refractivity (Wildman–Crippen MR) is 70.7 cm³/mol. The van der Waals surface area contributed by atoms with E-state index in [1.807, 2.05) is 38.1 Å². The summed E-state index contributed by atoms with van der Waals surface area (Å²) in [5.74, 6) is 1.47. The van der Waals surface area contributed by atoms with Gasteiger partial charge in [-0.25, -0.2) is 0 Å². The Balaban J connectivity index is 2.07. The molecule has 0 saturated heterocycles. The Morgan fingerprint density at radius 1 is 1.28 bits per heavy atom. The summed E-state index contributed by atoms with van der Waals surface area (Å²) in [4.78, 5) is 7.59. The van der Waals surface area contributed by atoms with E-state index >= 15 is 0 Å². The summed E-state index contributed by atoms with van der Waals surface area (Å²) in [5, 5.41) is 5.69. The molecule has 0 saturated carbocycles. The highest BCUT2D eigenvalue weighted by atomic mass is 35.5. The van der Waals surface area contributed by atoms with Crippen LogP contribution in [-0.2, 0) is 0 Å². The van der Waals surface area contributed by atoms with Crippen molar-refractivity contribution in [3.05, 3.63) is 35.1 Å². The molecule has 0 aliphatic rings. The summed E-state index contributed by atoms with van der Waals surface area (Å²) in [6.07, 6.45) is 0. The SMILES string of the molecule is CC(C)c1noc(-c2cc3cc(Cl)ccc3[nH]2)n1. The minimum absolute atomic E-state index is 0.251. The molecule has 3 aromatic rings. The van der Waals surface area contributed by atoms with E-state index in [-0.39, 0.29) is 5.92 Å². The number of halogens is 1. The van der Waals surface area contributed by atoms with Gasteiger partial charge in [0.2, 0.25) is 0 Å². The Hall–Kier alpha value is -1.81. The van der Waals surface area contributed by atoms with Gasteiger partial charge in [-0.05, 0) is 24.3 Å². The number of hydrogen-bond donors (Lipinski definition) is 1. The first-order valence-electron chi connectivity index (χ1n) is 5.76. The van der Waals surface area contributed by atoms with Crippen molar-refractivity contribution in [3.8, 4) is 11.6 Å². The smallest absolute Gasteiger partial charge is 0.274 e. The van der Waals surface area contributed by atoms with Crippen molar-refractivity contribution in [3.63, 3.8) is 0 Å². The van der Waals surface area contributed by atoms with Gasteiger partial charge in [0.15, 0.2) is 5.82 Å². The first kappa shape index (κ1) is 11.3. The monoisotopic (exact) mass is 261 g/mol. The Bertz CT molecular complexity index is 699. The number of benzene rings is 1. The summed E-state index contributed by atoms with van der Waals surface area (Å²) in [6.45, 7) is 4.05. The number of H-pyrrole nitrogens is 1. The van der Waals surface area contributed by atoms with Gasteiger partial charge < -0.3 is 9.51 Å². The van der Waals surface area contributed by atoms with E-state index in [0.717, 1.165) is 16.6 Å². The highest BCUT2D eigenvalue weighted by molar-refractivity contribution is 6.31. The van der Waals surface area contributed by atoms with Crippen molar-refractivity contribution in [2.45, 2.75) is 19.8 Å². The number of aromatic nitrogens is 3. The number of nitrogens with one attached hydrogen (secondary N) is 1. The molecular formula is C13H12ClN3O. The Labute approximate surface area is 109 Å². The lowest BCUT2D eigenvalue weighted by Crippen LogP contribution is -1.89. The molecule has 3 rings (SSSR count). The van der Waals surface area contributed by atoms with Crippen LogP contribution in [0.4, 0.5) is 0 Å². The van der Waals surface area contributed by atoms with E-state index in [0.29, 0.717) is 16.7 Å². The van der Waals surface area contributed by atoms with Crippen molar-refractivity contribution in [1.82, 2.24) is 15.1 Å². The van der Waals surface area contributed by atoms with E-state index in [4.69, 9.17) is 16.1 Å². The molecule has 1 N–H and O–H groups in total. The lowest BCUT2D eigenvalue weighted by Gasteiger charge is -1.91. The van der Waals surface area contributed by atoms with Crippen molar-refractivity contribution < 1.29 is 4.52 Å². The molecule has 1 aromatic carbocycles. The van der Waals surface area contributed by atoms with Crippen LogP contribution in [0, 0.1) is 0 Å². The van der Waals surface area contributed by atoms with Crippen molar-refractivity contribution in [2.24, 2.45) is 0 Å². The van der Waals surface area contributed by atoms with E-state index in [2.05, 4.69) is 15.1 Å². The van der Waals surface area contributed by atoms with Crippen molar-refractivity contribution >= 4 is 22.5 Å². The van der Waals surface area contributed by atoms with Gasteiger partial charge in [0.1, 0.15) is 5.69 Å². The molecule has 0 aliphatic carbocycles. The Morgan fingerprint density at radius 2 is 2.11 bits per heavy atom. The fraction of sp³-hybridized carbons (Fsp3) is 0.231. The fourth-order valence-corrected chi connectivity index (χ4v) is 1.98. The standard InChI is InChI=1S/C13H12ClN3O/c1-7(2)12-16-13(18-17-12)11-6-8-5-9(14)3-4-10(8)15-11/h3-7,15H,1-2H3. The lowest BCUT2D eigenvalue weighted by molar-refractivity contribution is 0.418. The minimum atomic E-state index is 0.251. The summed E-state index contributed by atoms with van der Waals surface area (Å²) >= 11 is 5.95. The summed E-state index contributed by atoms with van der Waals surface area (Å²) < 4.78 is 5.25. The molecule has 92 valence electrons. The van der Waals surface area contributed by atoms with Gasteiger partial charge in [0, 0.05) is 21.8 Å². The Morgan fingerprint density at radius 3 is 2.83 bits per heavy atom. The van der Waals surface area contributed by atoms with Crippen LogP contribution in [0.5, 0.6) is 0 Å². The van der Waals surface area contributed by atoms with E-state index in [9.17, 15) is 0 Å².